The van der Waals surface area contributed by atoms with Gasteiger partial charge in [0.15, 0.2) is 0 Å². The second kappa shape index (κ2) is 7.66. The van der Waals surface area contributed by atoms with Gasteiger partial charge in [-0.15, -0.1) is 0 Å². The van der Waals surface area contributed by atoms with Gasteiger partial charge in [0, 0.05) is 5.69 Å². The van der Waals surface area contributed by atoms with Gasteiger partial charge in [-0.25, -0.2) is 0 Å². The normalized spacial score (nSPS) is 19.8. The number of aliphatic hydroxyl groups excluding tert-OH is 1. The van der Waals surface area contributed by atoms with E-state index in [9.17, 15) is 9.90 Å². The molecular formula is C20H32N2O2. The Morgan fingerprint density at radius 2 is 1.71 bits per heavy atom. The van der Waals surface area contributed by atoms with Crippen LogP contribution in [0, 0.1) is 5.92 Å². The van der Waals surface area contributed by atoms with Crippen LogP contribution in [0.3, 0.4) is 0 Å². The highest BCUT2D eigenvalue weighted by Crippen LogP contribution is 2.24. The van der Waals surface area contributed by atoms with Crippen molar-refractivity contribution in [2.24, 2.45) is 5.92 Å². The summed E-state index contributed by atoms with van der Waals surface area (Å²) in [6, 6.07) is 7.96. The minimum atomic E-state index is -0.252. The van der Waals surface area contributed by atoms with Gasteiger partial charge in [0.2, 0.25) is 5.91 Å². The molecule has 1 heterocycles. The Morgan fingerprint density at radius 3 is 2.17 bits per heavy atom. The van der Waals surface area contributed by atoms with E-state index in [0.717, 1.165) is 31.6 Å². The lowest BCUT2D eigenvalue weighted by atomic mass is 9.87. The van der Waals surface area contributed by atoms with Gasteiger partial charge in [-0.1, -0.05) is 32.9 Å². The van der Waals surface area contributed by atoms with Crippen molar-refractivity contribution >= 4 is 11.6 Å². The predicted molar refractivity (Wildman–Crippen MR) is 99.2 cm³/mol. The van der Waals surface area contributed by atoms with E-state index in [-0.39, 0.29) is 23.5 Å². The van der Waals surface area contributed by atoms with Crippen LogP contribution in [0.4, 0.5) is 5.69 Å². The molecule has 2 rings (SSSR count). The van der Waals surface area contributed by atoms with Crippen molar-refractivity contribution in [1.82, 2.24) is 4.90 Å². The van der Waals surface area contributed by atoms with Crippen LogP contribution in [0.15, 0.2) is 24.3 Å². The highest BCUT2D eigenvalue weighted by Gasteiger charge is 2.28. The maximum absolute atomic E-state index is 12.5. The Kier molecular flexibility index (Phi) is 6.05. The molecule has 134 valence electrons. The van der Waals surface area contributed by atoms with Crippen LogP contribution in [0.5, 0.6) is 0 Å². The third-order valence-corrected chi connectivity index (χ3v) is 5.20. The molecule has 1 aliphatic rings. The number of nitrogens with one attached hydrogen (secondary N) is 1. The van der Waals surface area contributed by atoms with Crippen molar-refractivity contribution in [3.05, 3.63) is 29.8 Å². The van der Waals surface area contributed by atoms with Crippen LogP contribution in [-0.2, 0) is 10.2 Å². The van der Waals surface area contributed by atoms with Gasteiger partial charge in [-0.2, -0.15) is 0 Å². The average Bonchev–Trinajstić information content (AvgIpc) is 2.54. The van der Waals surface area contributed by atoms with Crippen molar-refractivity contribution in [1.29, 1.82) is 0 Å². The minimum absolute atomic E-state index is 0.0361. The number of rotatable bonds is 4. The van der Waals surface area contributed by atoms with Crippen LogP contribution >= 0.6 is 0 Å². The van der Waals surface area contributed by atoms with E-state index in [1.165, 1.54) is 5.56 Å². The van der Waals surface area contributed by atoms with E-state index in [4.69, 9.17) is 0 Å². The molecule has 0 bridgehead atoms. The molecule has 4 nitrogen and oxygen atoms in total. The molecule has 1 aliphatic heterocycles. The van der Waals surface area contributed by atoms with E-state index in [1.54, 1.807) is 0 Å². The van der Waals surface area contributed by atoms with Crippen LogP contribution in [0.1, 0.15) is 53.0 Å². The van der Waals surface area contributed by atoms with Crippen molar-refractivity contribution in [2.45, 2.75) is 65.0 Å². The summed E-state index contributed by atoms with van der Waals surface area (Å²) in [5.74, 6) is 0.399. The Hall–Kier alpha value is -1.39. The Labute approximate surface area is 146 Å². The summed E-state index contributed by atoms with van der Waals surface area (Å²) in [5.41, 5.74) is 2.22. The summed E-state index contributed by atoms with van der Waals surface area (Å²) in [5, 5.41) is 12.7. The fourth-order valence-corrected chi connectivity index (χ4v) is 3.26. The summed E-state index contributed by atoms with van der Waals surface area (Å²) >= 11 is 0. The molecule has 0 aromatic heterocycles. The van der Waals surface area contributed by atoms with Gasteiger partial charge in [0.25, 0.3) is 0 Å². The number of hydrogen-bond acceptors (Lipinski definition) is 3. The lowest BCUT2D eigenvalue weighted by Gasteiger charge is -2.36. The van der Waals surface area contributed by atoms with Gasteiger partial charge in [0.1, 0.15) is 0 Å². The van der Waals surface area contributed by atoms with Gasteiger partial charge < -0.3 is 10.4 Å². The highest BCUT2D eigenvalue weighted by molar-refractivity contribution is 5.94. The van der Waals surface area contributed by atoms with E-state index < -0.39 is 0 Å². The zero-order valence-electron chi connectivity index (χ0n) is 15.7. The van der Waals surface area contributed by atoms with Crippen molar-refractivity contribution in [3.63, 3.8) is 0 Å². The molecule has 0 radical (unpaired) electrons. The lowest BCUT2D eigenvalue weighted by Crippen LogP contribution is -2.47. The van der Waals surface area contributed by atoms with Crippen molar-refractivity contribution < 1.29 is 9.90 Å². The number of nitrogens with zero attached hydrogens (tertiary/aromatic N) is 1. The van der Waals surface area contributed by atoms with E-state index >= 15 is 0 Å². The molecule has 2 N–H and O–H groups in total. The van der Waals surface area contributed by atoms with Gasteiger partial charge >= 0.3 is 0 Å². The van der Waals surface area contributed by atoms with Gasteiger partial charge in [-0.3, -0.25) is 9.69 Å². The molecule has 1 aromatic carbocycles. The fourth-order valence-electron chi connectivity index (χ4n) is 3.26. The monoisotopic (exact) mass is 332 g/mol. The molecule has 2 atom stereocenters. The number of amides is 1. The number of carbonyl (C=O) groups is 1. The molecule has 0 saturated carbocycles. The molecule has 0 aliphatic carbocycles. The number of anilines is 1. The molecule has 4 heteroatoms. The number of benzene rings is 1. The molecule has 1 aromatic rings. The zero-order valence-corrected chi connectivity index (χ0v) is 15.7. The van der Waals surface area contributed by atoms with Crippen LogP contribution in [-0.4, -0.2) is 41.1 Å². The third kappa shape index (κ3) is 4.81. The van der Waals surface area contributed by atoms with E-state index in [0.29, 0.717) is 5.92 Å². The number of likely N-dealkylation sites (tertiary alicyclic amines) is 1. The Bertz CT molecular complexity index is 538. The molecule has 1 saturated heterocycles. The zero-order chi connectivity index (χ0) is 17.9. The number of aliphatic hydroxyl groups is 1. The van der Waals surface area contributed by atoms with Crippen LogP contribution < -0.4 is 5.32 Å². The Morgan fingerprint density at radius 1 is 1.17 bits per heavy atom. The standard InChI is InChI=1S/C20H32N2O2/c1-14(22-12-10-16(11-13-22)15(2)23)19(24)21-18-8-6-17(7-9-18)20(3,4)5/h6-9,14-16,23H,10-13H2,1-5H3,(H,21,24). The SMILES string of the molecule is CC(O)C1CCN(C(C)C(=O)Nc2ccc(C(C)(C)C)cc2)CC1. The Balaban J connectivity index is 1.90. The molecular weight excluding hydrogens is 300 g/mol. The van der Waals surface area contributed by atoms with E-state index in [2.05, 4.69) is 43.1 Å². The molecule has 1 fully saturated rings. The number of piperidine rings is 1. The van der Waals surface area contributed by atoms with Gasteiger partial charge in [-0.05, 0) is 68.8 Å². The van der Waals surface area contributed by atoms with Gasteiger partial charge in [0.05, 0.1) is 12.1 Å². The summed E-state index contributed by atoms with van der Waals surface area (Å²) in [7, 11) is 0. The van der Waals surface area contributed by atoms with Crippen LogP contribution in [0.25, 0.3) is 0 Å². The number of hydrogen-bond donors (Lipinski definition) is 2. The van der Waals surface area contributed by atoms with E-state index in [1.807, 2.05) is 26.0 Å². The summed E-state index contributed by atoms with van der Waals surface area (Å²) < 4.78 is 0. The summed E-state index contributed by atoms with van der Waals surface area (Å²) in [6.45, 7) is 12.1. The molecule has 2 unspecified atom stereocenters. The minimum Gasteiger partial charge on any atom is -0.393 e. The largest absolute Gasteiger partial charge is 0.393 e. The number of carbonyl (C=O) groups excluding carboxylic acids is 1. The smallest absolute Gasteiger partial charge is 0.241 e. The second-order valence-electron chi connectivity index (χ2n) is 8.11. The molecule has 0 spiro atoms. The first-order chi connectivity index (χ1) is 11.2. The lowest BCUT2D eigenvalue weighted by molar-refractivity contribution is -0.121. The topological polar surface area (TPSA) is 52.6 Å². The summed E-state index contributed by atoms with van der Waals surface area (Å²) in [6.07, 6.45) is 1.66. The summed E-state index contributed by atoms with van der Waals surface area (Å²) in [4.78, 5) is 14.7. The maximum Gasteiger partial charge on any atom is 0.241 e. The quantitative estimate of drug-likeness (QED) is 0.888. The van der Waals surface area contributed by atoms with Crippen LogP contribution in [0.2, 0.25) is 0 Å². The first-order valence-electron chi connectivity index (χ1n) is 9.02. The first kappa shape index (κ1) is 18.9. The fraction of sp³-hybridized carbons (Fsp3) is 0.650. The predicted octanol–water partition coefficient (Wildman–Crippen LogP) is 3.40. The molecule has 24 heavy (non-hydrogen) atoms. The second-order valence-corrected chi connectivity index (χ2v) is 8.11. The highest BCUT2D eigenvalue weighted by atomic mass is 16.3. The van der Waals surface area contributed by atoms with Crippen molar-refractivity contribution in [3.8, 4) is 0 Å². The van der Waals surface area contributed by atoms with Crippen molar-refractivity contribution in [2.75, 3.05) is 18.4 Å². The first-order valence-corrected chi connectivity index (χ1v) is 9.02. The third-order valence-electron chi connectivity index (χ3n) is 5.20. The molecule has 1 amide bonds. The average molecular weight is 332 g/mol. The maximum atomic E-state index is 12.5.